The molecule has 7 nitrogen and oxygen atoms in total. The minimum atomic E-state index is -0.657. The van der Waals surface area contributed by atoms with Crippen LogP contribution in [0.4, 0.5) is 5.88 Å². The Morgan fingerprint density at radius 1 is 1.32 bits per heavy atom. The SMILES string of the molecule is O=[N+]([O-])c1ccc(C(=NCc2ccccc2)NO)o1. The van der Waals surface area contributed by atoms with Crippen LogP contribution in [-0.2, 0) is 6.54 Å². The maximum Gasteiger partial charge on any atom is 0.433 e. The van der Waals surface area contributed by atoms with Crippen molar-refractivity contribution in [3.05, 3.63) is 63.9 Å². The summed E-state index contributed by atoms with van der Waals surface area (Å²) in [6.07, 6.45) is 0. The predicted molar refractivity (Wildman–Crippen MR) is 67.0 cm³/mol. The van der Waals surface area contributed by atoms with Crippen molar-refractivity contribution in [1.82, 2.24) is 5.48 Å². The maximum absolute atomic E-state index is 10.5. The number of nitro groups is 1. The van der Waals surface area contributed by atoms with Crippen molar-refractivity contribution < 1.29 is 14.5 Å². The Hall–Kier alpha value is -2.67. The zero-order valence-electron chi connectivity index (χ0n) is 9.81. The fraction of sp³-hybridized carbons (Fsp3) is 0.0833. The normalized spacial score (nSPS) is 11.3. The second-order valence-electron chi connectivity index (χ2n) is 3.66. The van der Waals surface area contributed by atoms with Gasteiger partial charge < -0.3 is 4.42 Å². The number of aliphatic imine (C=N–C) groups is 1. The summed E-state index contributed by atoms with van der Waals surface area (Å²) in [5.41, 5.74) is 2.82. The maximum atomic E-state index is 10.5. The van der Waals surface area contributed by atoms with Crippen LogP contribution in [0.1, 0.15) is 11.3 Å². The van der Waals surface area contributed by atoms with Crippen LogP contribution in [0.2, 0.25) is 0 Å². The van der Waals surface area contributed by atoms with E-state index < -0.39 is 10.8 Å². The first-order valence-electron chi connectivity index (χ1n) is 5.44. The molecule has 1 aromatic heterocycles. The molecule has 0 atom stereocenters. The van der Waals surface area contributed by atoms with Crippen LogP contribution in [0.15, 0.2) is 51.9 Å². The monoisotopic (exact) mass is 261 g/mol. The summed E-state index contributed by atoms with van der Waals surface area (Å²) < 4.78 is 4.93. The quantitative estimate of drug-likeness (QED) is 0.380. The Kier molecular flexibility index (Phi) is 3.89. The minimum Gasteiger partial charge on any atom is -0.397 e. The fourth-order valence-electron chi connectivity index (χ4n) is 1.48. The van der Waals surface area contributed by atoms with Crippen LogP contribution in [-0.4, -0.2) is 16.0 Å². The molecular formula is C12H11N3O4. The molecule has 0 aliphatic rings. The molecule has 98 valence electrons. The molecule has 0 fully saturated rings. The molecular weight excluding hydrogens is 250 g/mol. The Balaban J connectivity index is 2.16. The summed E-state index contributed by atoms with van der Waals surface area (Å²) >= 11 is 0. The van der Waals surface area contributed by atoms with Gasteiger partial charge in [-0.05, 0) is 11.6 Å². The number of amidine groups is 1. The van der Waals surface area contributed by atoms with Crippen molar-refractivity contribution in [2.24, 2.45) is 4.99 Å². The van der Waals surface area contributed by atoms with Crippen molar-refractivity contribution >= 4 is 11.7 Å². The second-order valence-corrected chi connectivity index (χ2v) is 3.66. The van der Waals surface area contributed by atoms with Gasteiger partial charge in [-0.3, -0.25) is 20.3 Å². The molecule has 2 N–H and O–H groups in total. The van der Waals surface area contributed by atoms with Gasteiger partial charge in [0.15, 0.2) is 11.6 Å². The molecule has 0 saturated carbocycles. The van der Waals surface area contributed by atoms with Crippen LogP contribution < -0.4 is 5.48 Å². The second kappa shape index (κ2) is 5.78. The first-order chi connectivity index (χ1) is 9.20. The molecule has 0 aliphatic carbocycles. The van der Waals surface area contributed by atoms with Gasteiger partial charge in [-0.1, -0.05) is 30.3 Å². The Labute approximate surface area is 108 Å². The summed E-state index contributed by atoms with van der Waals surface area (Å²) in [4.78, 5) is 13.9. The number of hydrogen-bond acceptors (Lipinski definition) is 5. The molecule has 2 aromatic rings. The number of nitrogens with zero attached hydrogens (tertiary/aromatic N) is 2. The largest absolute Gasteiger partial charge is 0.433 e. The van der Waals surface area contributed by atoms with Crippen molar-refractivity contribution in [2.75, 3.05) is 0 Å². The van der Waals surface area contributed by atoms with Crippen molar-refractivity contribution in [1.29, 1.82) is 0 Å². The van der Waals surface area contributed by atoms with Crippen molar-refractivity contribution in [3.63, 3.8) is 0 Å². The summed E-state index contributed by atoms with van der Waals surface area (Å²) in [5.74, 6) is -0.264. The highest BCUT2D eigenvalue weighted by atomic mass is 16.6. The summed E-state index contributed by atoms with van der Waals surface area (Å²) in [6.45, 7) is 0.318. The van der Waals surface area contributed by atoms with Crippen LogP contribution >= 0.6 is 0 Å². The fourth-order valence-corrected chi connectivity index (χ4v) is 1.48. The van der Waals surface area contributed by atoms with Gasteiger partial charge in [0.2, 0.25) is 0 Å². The molecule has 0 spiro atoms. The van der Waals surface area contributed by atoms with Gasteiger partial charge in [-0.15, -0.1) is 0 Å². The summed E-state index contributed by atoms with van der Waals surface area (Å²) in [6, 6.07) is 11.9. The van der Waals surface area contributed by atoms with E-state index in [4.69, 9.17) is 9.62 Å². The topological polar surface area (TPSA) is 101 Å². The summed E-state index contributed by atoms with van der Waals surface area (Å²) in [5, 5.41) is 19.5. The van der Waals surface area contributed by atoms with E-state index in [9.17, 15) is 10.1 Å². The summed E-state index contributed by atoms with van der Waals surface area (Å²) in [7, 11) is 0. The average Bonchev–Trinajstić information content (AvgIpc) is 2.90. The molecule has 0 aliphatic heterocycles. The highest BCUT2D eigenvalue weighted by Crippen LogP contribution is 2.16. The Morgan fingerprint density at radius 2 is 2.05 bits per heavy atom. The van der Waals surface area contributed by atoms with Gasteiger partial charge in [0.25, 0.3) is 0 Å². The highest BCUT2D eigenvalue weighted by Gasteiger charge is 2.15. The Morgan fingerprint density at radius 3 is 2.63 bits per heavy atom. The van der Waals surface area contributed by atoms with E-state index in [1.54, 1.807) is 0 Å². The van der Waals surface area contributed by atoms with Crippen LogP contribution in [0.25, 0.3) is 0 Å². The lowest BCUT2D eigenvalue weighted by molar-refractivity contribution is -0.402. The zero-order chi connectivity index (χ0) is 13.7. The minimum absolute atomic E-state index is 0.0388. The number of benzene rings is 1. The standard InChI is InChI=1S/C12H11N3O4/c16-14-12(10-6-7-11(19-10)15(17)18)13-8-9-4-2-1-3-5-9/h1-7,16H,8H2,(H,13,14). The van der Waals surface area contributed by atoms with Gasteiger partial charge >= 0.3 is 5.88 Å². The van der Waals surface area contributed by atoms with Crippen LogP contribution in [0.5, 0.6) is 0 Å². The molecule has 1 aromatic carbocycles. The number of furan rings is 1. The van der Waals surface area contributed by atoms with E-state index in [0.29, 0.717) is 6.54 Å². The number of hydrogen-bond donors (Lipinski definition) is 2. The van der Waals surface area contributed by atoms with Gasteiger partial charge in [-0.2, -0.15) is 0 Å². The molecule has 0 saturated heterocycles. The van der Waals surface area contributed by atoms with E-state index in [2.05, 4.69) is 4.99 Å². The highest BCUT2D eigenvalue weighted by molar-refractivity contribution is 5.95. The molecule has 0 unspecified atom stereocenters. The lowest BCUT2D eigenvalue weighted by atomic mass is 10.2. The number of hydroxylamine groups is 1. The average molecular weight is 261 g/mol. The first-order valence-corrected chi connectivity index (χ1v) is 5.44. The van der Waals surface area contributed by atoms with E-state index in [0.717, 1.165) is 5.56 Å². The molecule has 7 heteroatoms. The van der Waals surface area contributed by atoms with Gasteiger partial charge in [-0.25, -0.2) is 5.48 Å². The third-order valence-electron chi connectivity index (χ3n) is 2.37. The van der Waals surface area contributed by atoms with Crippen LogP contribution in [0, 0.1) is 10.1 Å². The van der Waals surface area contributed by atoms with E-state index in [1.807, 2.05) is 35.8 Å². The third-order valence-corrected chi connectivity index (χ3v) is 2.37. The smallest absolute Gasteiger partial charge is 0.397 e. The van der Waals surface area contributed by atoms with E-state index in [-0.39, 0.29) is 11.6 Å². The van der Waals surface area contributed by atoms with Gasteiger partial charge in [0, 0.05) is 0 Å². The Bertz CT molecular complexity index is 592. The van der Waals surface area contributed by atoms with Crippen LogP contribution in [0.3, 0.4) is 0 Å². The van der Waals surface area contributed by atoms with Crippen molar-refractivity contribution in [3.8, 4) is 0 Å². The molecule has 0 bridgehead atoms. The van der Waals surface area contributed by atoms with Crippen molar-refractivity contribution in [2.45, 2.75) is 6.54 Å². The van der Waals surface area contributed by atoms with Gasteiger partial charge in [0.1, 0.15) is 4.92 Å². The molecule has 0 radical (unpaired) electrons. The molecule has 0 amide bonds. The zero-order valence-corrected chi connectivity index (χ0v) is 9.81. The predicted octanol–water partition coefficient (Wildman–Crippen LogP) is 2.11. The number of nitrogens with one attached hydrogen (secondary N) is 1. The molecule has 1 heterocycles. The third kappa shape index (κ3) is 3.17. The van der Waals surface area contributed by atoms with E-state index in [1.165, 1.54) is 12.1 Å². The van der Waals surface area contributed by atoms with E-state index >= 15 is 0 Å². The lowest BCUT2D eigenvalue weighted by Crippen LogP contribution is -2.19. The molecule has 2 rings (SSSR count). The number of rotatable bonds is 4. The first kappa shape index (κ1) is 12.8. The van der Waals surface area contributed by atoms with Gasteiger partial charge in [0.05, 0.1) is 12.6 Å². The lowest BCUT2D eigenvalue weighted by Gasteiger charge is -2.01. The molecule has 19 heavy (non-hydrogen) atoms.